The molecule has 1 aliphatic rings. The van der Waals surface area contributed by atoms with Crippen LogP contribution in [0.1, 0.15) is 84.1 Å². The van der Waals surface area contributed by atoms with Gasteiger partial charge in [-0.05, 0) is 37.2 Å². The molecule has 0 radical (unpaired) electrons. The van der Waals surface area contributed by atoms with Crippen LogP contribution in [-0.4, -0.2) is 82.2 Å². The minimum atomic E-state index is -0.719. The van der Waals surface area contributed by atoms with Crippen LogP contribution >= 0.6 is 0 Å². The quantitative estimate of drug-likeness (QED) is 0.0425. The van der Waals surface area contributed by atoms with Crippen LogP contribution in [0.25, 0.3) is 0 Å². The van der Waals surface area contributed by atoms with Crippen LogP contribution in [0.4, 0.5) is 0 Å². The van der Waals surface area contributed by atoms with Gasteiger partial charge in [0.1, 0.15) is 31.5 Å². The van der Waals surface area contributed by atoms with Gasteiger partial charge in [0.15, 0.2) is 0 Å². The Morgan fingerprint density at radius 3 is 2.43 bits per heavy atom. The van der Waals surface area contributed by atoms with Gasteiger partial charge in [-0.15, -0.1) is 0 Å². The minimum Gasteiger partial charge on any atom is -0.461 e. The molecule has 2 rings (SSSR count). The van der Waals surface area contributed by atoms with Crippen LogP contribution in [-0.2, 0) is 54.2 Å². The molecule has 11 nitrogen and oxygen atoms in total. The molecule has 47 heavy (non-hydrogen) atoms. The smallest absolute Gasteiger partial charge is 0.332 e. The highest BCUT2D eigenvalue weighted by Crippen LogP contribution is 2.32. The summed E-state index contributed by atoms with van der Waals surface area (Å²) in [6, 6.07) is 8.73. The van der Waals surface area contributed by atoms with Crippen LogP contribution < -0.4 is 5.32 Å². The largest absolute Gasteiger partial charge is 0.461 e. The third-order valence-corrected chi connectivity index (χ3v) is 7.67. The van der Waals surface area contributed by atoms with Crippen molar-refractivity contribution in [3.63, 3.8) is 0 Å². The zero-order valence-electron chi connectivity index (χ0n) is 28.4. The average Bonchev–Trinajstić information content (AvgIpc) is 3.05. The number of amides is 1. The van der Waals surface area contributed by atoms with E-state index in [2.05, 4.69) is 12.2 Å². The number of benzene rings is 1. The summed E-state index contributed by atoms with van der Waals surface area (Å²) in [5.41, 5.74) is 0.920. The Hall–Kier alpha value is -3.28. The fourth-order valence-electron chi connectivity index (χ4n) is 5.11. The molecule has 1 saturated heterocycles. The number of nitrogens with one attached hydrogen (secondary N) is 1. The van der Waals surface area contributed by atoms with Crippen molar-refractivity contribution < 1.29 is 47.6 Å². The second-order valence-corrected chi connectivity index (χ2v) is 12.1. The number of hydrogen-bond acceptors (Lipinski definition) is 10. The molecule has 1 fully saturated rings. The van der Waals surface area contributed by atoms with Crippen molar-refractivity contribution in [2.24, 2.45) is 11.8 Å². The molecule has 0 spiro atoms. The Labute approximate surface area is 280 Å². The standard InChI is InChI=1S/C36H55NO10/c1-4-5-6-12-17-31-33(47-35(31)40)24-30(46-36(41)32(37-27-38)23-28(2)3)16-11-8-13-18-42-19-20-43-21-22-44-26-34(39)45-25-29-14-9-7-10-15-29/h7-10,13-15,27-28,30-33H,4-6,11-12,16-26H2,1-3H3,(H,37,38). The molecule has 1 amide bonds. The van der Waals surface area contributed by atoms with Crippen molar-refractivity contribution >= 4 is 24.3 Å². The zero-order valence-corrected chi connectivity index (χ0v) is 28.4. The first-order valence-corrected chi connectivity index (χ1v) is 17.0. The summed E-state index contributed by atoms with van der Waals surface area (Å²) in [6.45, 7) is 7.99. The number of carbonyl (C=O) groups is 4. The van der Waals surface area contributed by atoms with Gasteiger partial charge in [0.05, 0.1) is 39.0 Å². The molecule has 0 saturated carbocycles. The second kappa shape index (κ2) is 24.8. The van der Waals surface area contributed by atoms with Crippen LogP contribution in [0, 0.1) is 11.8 Å². The highest BCUT2D eigenvalue weighted by atomic mass is 16.6. The lowest BCUT2D eigenvalue weighted by Crippen LogP contribution is -2.48. The topological polar surface area (TPSA) is 136 Å². The molecule has 1 aromatic carbocycles. The first-order valence-electron chi connectivity index (χ1n) is 17.0. The van der Waals surface area contributed by atoms with Crippen molar-refractivity contribution in [2.75, 3.05) is 39.6 Å². The zero-order chi connectivity index (χ0) is 34.1. The Morgan fingerprint density at radius 1 is 0.979 bits per heavy atom. The Morgan fingerprint density at radius 2 is 1.72 bits per heavy atom. The van der Waals surface area contributed by atoms with Crippen molar-refractivity contribution in [3.05, 3.63) is 48.0 Å². The maximum absolute atomic E-state index is 13.0. The van der Waals surface area contributed by atoms with Gasteiger partial charge in [-0.2, -0.15) is 0 Å². The lowest BCUT2D eigenvalue weighted by Gasteiger charge is -2.37. The average molecular weight is 662 g/mol. The Bertz CT molecular complexity index is 1050. The summed E-state index contributed by atoms with van der Waals surface area (Å²) in [5.74, 6) is -1.04. The summed E-state index contributed by atoms with van der Waals surface area (Å²) in [6.07, 6.45) is 10.9. The third kappa shape index (κ3) is 18.0. The molecule has 4 atom stereocenters. The molecule has 264 valence electrons. The molecular weight excluding hydrogens is 606 g/mol. The van der Waals surface area contributed by atoms with Gasteiger partial charge >= 0.3 is 17.9 Å². The number of ether oxygens (including phenoxy) is 6. The lowest BCUT2D eigenvalue weighted by molar-refractivity contribution is -0.190. The number of cyclic esters (lactones) is 1. The number of esters is 3. The first-order chi connectivity index (χ1) is 22.8. The summed E-state index contributed by atoms with van der Waals surface area (Å²) in [4.78, 5) is 47.9. The van der Waals surface area contributed by atoms with Crippen molar-refractivity contribution in [1.82, 2.24) is 5.32 Å². The van der Waals surface area contributed by atoms with Crippen LogP contribution in [0.2, 0.25) is 0 Å². The highest BCUT2D eigenvalue weighted by Gasteiger charge is 2.43. The van der Waals surface area contributed by atoms with E-state index in [4.69, 9.17) is 28.4 Å². The summed E-state index contributed by atoms with van der Waals surface area (Å²) < 4.78 is 32.8. The van der Waals surface area contributed by atoms with Crippen molar-refractivity contribution in [1.29, 1.82) is 0 Å². The number of carbonyl (C=O) groups excluding carboxylic acids is 4. The predicted octanol–water partition coefficient (Wildman–Crippen LogP) is 5.09. The molecule has 0 aromatic heterocycles. The predicted molar refractivity (Wildman–Crippen MR) is 176 cm³/mol. The highest BCUT2D eigenvalue weighted by molar-refractivity contribution is 5.79. The summed E-state index contributed by atoms with van der Waals surface area (Å²) in [5, 5.41) is 2.58. The SMILES string of the molecule is CCCCCCC1C(=O)OC1CC(CCC=CCOCCOCCOCC(=O)OCc1ccccc1)OC(=O)C(CC(C)C)NC=O. The van der Waals surface area contributed by atoms with E-state index in [1.165, 1.54) is 0 Å². The molecule has 1 aliphatic heterocycles. The van der Waals surface area contributed by atoms with Gasteiger partial charge < -0.3 is 33.7 Å². The Kier molecular flexibility index (Phi) is 21.1. The van der Waals surface area contributed by atoms with E-state index in [-0.39, 0.29) is 43.7 Å². The third-order valence-electron chi connectivity index (χ3n) is 7.67. The number of rotatable bonds is 28. The van der Waals surface area contributed by atoms with Gasteiger partial charge in [-0.1, -0.05) is 88.9 Å². The Balaban J connectivity index is 1.64. The van der Waals surface area contributed by atoms with Gasteiger partial charge in [0, 0.05) is 6.42 Å². The van der Waals surface area contributed by atoms with Gasteiger partial charge in [-0.3, -0.25) is 9.59 Å². The molecule has 1 aromatic rings. The summed E-state index contributed by atoms with van der Waals surface area (Å²) in [7, 11) is 0. The van der Waals surface area contributed by atoms with Crippen LogP contribution in [0.3, 0.4) is 0 Å². The minimum absolute atomic E-state index is 0.128. The molecule has 11 heteroatoms. The van der Waals surface area contributed by atoms with Gasteiger partial charge in [-0.25, -0.2) is 9.59 Å². The lowest BCUT2D eigenvalue weighted by atomic mass is 9.86. The second-order valence-electron chi connectivity index (χ2n) is 12.1. The normalized spacial score (nSPS) is 17.1. The van der Waals surface area contributed by atoms with E-state index < -0.39 is 24.1 Å². The number of allylic oxidation sites excluding steroid dienone is 1. The van der Waals surface area contributed by atoms with E-state index in [0.717, 1.165) is 37.7 Å². The van der Waals surface area contributed by atoms with Gasteiger partial charge in [0.25, 0.3) is 0 Å². The fraction of sp³-hybridized carbons (Fsp3) is 0.667. The summed E-state index contributed by atoms with van der Waals surface area (Å²) >= 11 is 0. The number of hydrogen-bond donors (Lipinski definition) is 1. The molecule has 0 aliphatic carbocycles. The molecule has 1 heterocycles. The van der Waals surface area contributed by atoms with Crippen LogP contribution in [0.5, 0.6) is 0 Å². The van der Waals surface area contributed by atoms with E-state index in [1.807, 2.05) is 56.3 Å². The van der Waals surface area contributed by atoms with E-state index in [9.17, 15) is 19.2 Å². The van der Waals surface area contributed by atoms with Crippen molar-refractivity contribution in [3.8, 4) is 0 Å². The van der Waals surface area contributed by atoms with E-state index in [0.29, 0.717) is 58.5 Å². The van der Waals surface area contributed by atoms with Crippen molar-refractivity contribution in [2.45, 2.75) is 103 Å². The van der Waals surface area contributed by atoms with E-state index >= 15 is 0 Å². The molecule has 1 N–H and O–H groups in total. The van der Waals surface area contributed by atoms with E-state index in [1.54, 1.807) is 0 Å². The first kappa shape index (κ1) is 39.9. The molecule has 4 unspecified atom stereocenters. The number of unbranched alkanes of at least 4 members (excludes halogenated alkanes) is 3. The molecule has 0 bridgehead atoms. The van der Waals surface area contributed by atoms with Gasteiger partial charge in [0.2, 0.25) is 6.41 Å². The maximum Gasteiger partial charge on any atom is 0.332 e. The van der Waals surface area contributed by atoms with Crippen LogP contribution in [0.15, 0.2) is 42.5 Å². The molecular formula is C36H55NO10. The fourth-order valence-corrected chi connectivity index (χ4v) is 5.11. The maximum atomic E-state index is 13.0. The monoisotopic (exact) mass is 661 g/mol.